The molecule has 8 heteroatoms. The summed E-state index contributed by atoms with van der Waals surface area (Å²) in [4.78, 5) is 14.5. The van der Waals surface area contributed by atoms with Crippen molar-refractivity contribution in [3.05, 3.63) is 39.8 Å². The van der Waals surface area contributed by atoms with Gasteiger partial charge in [-0.2, -0.15) is 5.10 Å². The van der Waals surface area contributed by atoms with E-state index in [0.717, 1.165) is 17.7 Å². The molecule has 0 fully saturated rings. The maximum absolute atomic E-state index is 10.6. The summed E-state index contributed by atoms with van der Waals surface area (Å²) < 4.78 is 0. The number of thiazole rings is 1. The van der Waals surface area contributed by atoms with Crippen LogP contribution in [0.4, 0.5) is 10.8 Å². The van der Waals surface area contributed by atoms with Crippen molar-refractivity contribution in [3.8, 4) is 11.3 Å². The number of nitrogens with one attached hydrogen (secondary N) is 1. The van der Waals surface area contributed by atoms with E-state index in [-0.39, 0.29) is 22.7 Å². The molecular weight excluding hydrogens is 344 g/mol. The summed E-state index contributed by atoms with van der Waals surface area (Å²) in [5.74, 6) is 0. The lowest BCUT2D eigenvalue weighted by molar-refractivity contribution is -0.384. The zero-order valence-electron chi connectivity index (χ0n) is 10.6. The van der Waals surface area contributed by atoms with E-state index in [1.54, 1.807) is 18.3 Å². The van der Waals surface area contributed by atoms with Crippen LogP contribution in [0.25, 0.3) is 11.3 Å². The van der Waals surface area contributed by atoms with Crippen molar-refractivity contribution in [2.45, 2.75) is 13.3 Å². The lowest BCUT2D eigenvalue weighted by atomic mass is 10.1. The second-order valence-corrected chi connectivity index (χ2v) is 4.53. The zero-order valence-corrected chi connectivity index (χ0v) is 13.2. The standard InChI is InChI=1S/C12H12N4O2S.BrH/c1-2-7-13-15-12-14-11(8-19-12)9-3-5-10(6-4-9)16(17)18;/h3-8H,2H2,1H3,(H,14,15);1H/b13-7+;. The quantitative estimate of drug-likeness (QED) is 0.496. The number of halogens is 1. The van der Waals surface area contributed by atoms with E-state index in [2.05, 4.69) is 15.5 Å². The first-order valence-corrected chi connectivity index (χ1v) is 6.56. The van der Waals surface area contributed by atoms with Gasteiger partial charge in [0.05, 0.1) is 10.6 Å². The summed E-state index contributed by atoms with van der Waals surface area (Å²) >= 11 is 1.44. The van der Waals surface area contributed by atoms with Crippen LogP contribution in [0, 0.1) is 10.1 Å². The normalized spacial score (nSPS) is 10.2. The molecule has 106 valence electrons. The Bertz CT molecular complexity index is 598. The van der Waals surface area contributed by atoms with Crippen LogP contribution < -0.4 is 5.43 Å². The van der Waals surface area contributed by atoms with Gasteiger partial charge in [0.2, 0.25) is 5.13 Å². The summed E-state index contributed by atoms with van der Waals surface area (Å²) in [5.41, 5.74) is 4.52. The Kier molecular flexibility index (Phi) is 6.26. The summed E-state index contributed by atoms with van der Waals surface area (Å²) in [7, 11) is 0. The van der Waals surface area contributed by atoms with Crippen LogP contribution in [-0.4, -0.2) is 16.1 Å². The lowest BCUT2D eigenvalue weighted by Gasteiger charge is -1.96. The van der Waals surface area contributed by atoms with Crippen LogP contribution in [0.3, 0.4) is 0 Å². The van der Waals surface area contributed by atoms with Gasteiger partial charge in [0.1, 0.15) is 0 Å². The smallest absolute Gasteiger partial charge is 0.258 e. The topological polar surface area (TPSA) is 80.4 Å². The Labute approximate surface area is 130 Å². The number of hydrogen-bond donors (Lipinski definition) is 1. The van der Waals surface area contributed by atoms with Crippen molar-refractivity contribution in [1.82, 2.24) is 4.98 Å². The first-order chi connectivity index (χ1) is 9.20. The third-order valence-corrected chi connectivity index (χ3v) is 3.06. The molecule has 6 nitrogen and oxygen atoms in total. The maximum atomic E-state index is 10.6. The minimum atomic E-state index is -0.419. The van der Waals surface area contributed by atoms with Crippen molar-refractivity contribution in [3.63, 3.8) is 0 Å². The van der Waals surface area contributed by atoms with Crippen LogP contribution in [0.1, 0.15) is 13.3 Å². The molecule has 1 aromatic carbocycles. The van der Waals surface area contributed by atoms with Gasteiger partial charge in [0.15, 0.2) is 0 Å². The lowest BCUT2D eigenvalue weighted by Crippen LogP contribution is -1.89. The Morgan fingerprint density at radius 1 is 1.45 bits per heavy atom. The summed E-state index contributed by atoms with van der Waals surface area (Å²) in [5, 5.41) is 17.1. The fourth-order valence-corrected chi connectivity index (χ4v) is 2.07. The fraction of sp³-hybridized carbons (Fsp3) is 0.167. The predicted octanol–water partition coefficient (Wildman–Crippen LogP) is 4.10. The molecule has 2 aromatic rings. The van der Waals surface area contributed by atoms with E-state index in [4.69, 9.17) is 0 Å². The number of rotatable bonds is 5. The monoisotopic (exact) mass is 356 g/mol. The van der Waals surface area contributed by atoms with Crippen LogP contribution >= 0.6 is 28.3 Å². The van der Waals surface area contributed by atoms with Crippen LogP contribution in [-0.2, 0) is 0 Å². The molecule has 1 aromatic heterocycles. The van der Waals surface area contributed by atoms with Crippen LogP contribution in [0.5, 0.6) is 0 Å². The first-order valence-electron chi connectivity index (χ1n) is 5.68. The molecule has 0 aliphatic rings. The van der Waals surface area contributed by atoms with Gasteiger partial charge in [0, 0.05) is 29.3 Å². The van der Waals surface area contributed by atoms with Gasteiger partial charge in [-0.1, -0.05) is 6.92 Å². The summed E-state index contributed by atoms with van der Waals surface area (Å²) in [6.07, 6.45) is 2.61. The molecule has 1 heterocycles. The maximum Gasteiger partial charge on any atom is 0.269 e. The van der Waals surface area contributed by atoms with Crippen LogP contribution in [0.15, 0.2) is 34.7 Å². The molecule has 2 rings (SSSR count). The highest BCUT2D eigenvalue weighted by Gasteiger charge is 2.07. The van der Waals surface area contributed by atoms with Crippen molar-refractivity contribution in [1.29, 1.82) is 0 Å². The first kappa shape index (κ1) is 16.3. The average molecular weight is 357 g/mol. The van der Waals surface area contributed by atoms with Crippen molar-refractivity contribution in [2.75, 3.05) is 5.43 Å². The highest BCUT2D eigenvalue weighted by molar-refractivity contribution is 8.93. The number of benzene rings is 1. The van der Waals surface area contributed by atoms with E-state index in [1.807, 2.05) is 12.3 Å². The molecule has 0 saturated heterocycles. The Morgan fingerprint density at radius 2 is 2.15 bits per heavy atom. The molecule has 20 heavy (non-hydrogen) atoms. The molecule has 0 bridgehead atoms. The fourth-order valence-electron chi connectivity index (χ4n) is 1.40. The van der Waals surface area contributed by atoms with Gasteiger partial charge in [-0.15, -0.1) is 28.3 Å². The molecule has 0 unspecified atom stereocenters. The number of nitrogens with zero attached hydrogens (tertiary/aromatic N) is 3. The minimum absolute atomic E-state index is 0. The highest BCUT2D eigenvalue weighted by atomic mass is 79.9. The second kappa shape index (κ2) is 7.71. The number of aromatic nitrogens is 1. The largest absolute Gasteiger partial charge is 0.269 e. The minimum Gasteiger partial charge on any atom is -0.258 e. The molecule has 0 spiro atoms. The average Bonchev–Trinajstić information content (AvgIpc) is 2.88. The summed E-state index contributed by atoms with van der Waals surface area (Å²) in [6.45, 7) is 2.00. The Morgan fingerprint density at radius 3 is 2.75 bits per heavy atom. The van der Waals surface area contributed by atoms with Gasteiger partial charge in [-0.25, -0.2) is 4.98 Å². The van der Waals surface area contributed by atoms with E-state index in [1.165, 1.54) is 23.5 Å². The second-order valence-electron chi connectivity index (χ2n) is 3.67. The van der Waals surface area contributed by atoms with Crippen molar-refractivity contribution < 1.29 is 4.92 Å². The van der Waals surface area contributed by atoms with E-state index >= 15 is 0 Å². The van der Waals surface area contributed by atoms with Gasteiger partial charge in [-0.3, -0.25) is 15.5 Å². The number of hydrazone groups is 1. The third kappa shape index (κ3) is 4.10. The third-order valence-electron chi connectivity index (χ3n) is 2.31. The molecule has 0 aliphatic heterocycles. The molecule has 1 N–H and O–H groups in total. The molecular formula is C12H13BrN4O2S. The van der Waals surface area contributed by atoms with Crippen molar-refractivity contribution >= 4 is 45.4 Å². The van der Waals surface area contributed by atoms with Gasteiger partial charge in [0.25, 0.3) is 5.69 Å². The number of anilines is 1. The number of non-ortho nitro benzene ring substituents is 1. The van der Waals surface area contributed by atoms with Crippen LogP contribution in [0.2, 0.25) is 0 Å². The number of nitro benzene ring substituents is 1. The van der Waals surface area contributed by atoms with E-state index < -0.39 is 4.92 Å². The molecule has 0 atom stereocenters. The molecule has 0 saturated carbocycles. The molecule has 0 radical (unpaired) electrons. The van der Waals surface area contributed by atoms with Gasteiger partial charge in [-0.05, 0) is 18.6 Å². The summed E-state index contributed by atoms with van der Waals surface area (Å²) in [6, 6.07) is 6.31. The van der Waals surface area contributed by atoms with Crippen molar-refractivity contribution in [2.24, 2.45) is 5.10 Å². The predicted molar refractivity (Wildman–Crippen MR) is 86.9 cm³/mol. The molecule has 0 amide bonds. The molecule has 0 aliphatic carbocycles. The Balaban J connectivity index is 0.00000200. The van der Waals surface area contributed by atoms with Gasteiger partial charge >= 0.3 is 0 Å². The number of nitro groups is 1. The van der Waals surface area contributed by atoms with E-state index in [0.29, 0.717) is 5.13 Å². The Hall–Kier alpha value is -1.80. The SMILES string of the molecule is Br.CC/C=N/Nc1nc(-c2ccc([N+](=O)[O-])cc2)cs1. The zero-order chi connectivity index (χ0) is 13.7. The van der Waals surface area contributed by atoms with Gasteiger partial charge < -0.3 is 0 Å². The van der Waals surface area contributed by atoms with E-state index in [9.17, 15) is 10.1 Å². The number of hydrogen-bond acceptors (Lipinski definition) is 6. The highest BCUT2D eigenvalue weighted by Crippen LogP contribution is 2.26.